The first-order chi connectivity index (χ1) is 12.1. The summed E-state index contributed by atoms with van der Waals surface area (Å²) >= 11 is 0. The molecule has 1 aliphatic heterocycles. The lowest BCUT2D eigenvalue weighted by molar-refractivity contribution is 0.0509. The van der Waals surface area contributed by atoms with Crippen molar-refractivity contribution in [1.29, 1.82) is 0 Å². The molecule has 1 unspecified atom stereocenters. The minimum absolute atomic E-state index is 0.193. The minimum atomic E-state index is -0.193. The Bertz CT molecular complexity index is 632. The number of benzene rings is 1. The van der Waals surface area contributed by atoms with E-state index in [0.717, 1.165) is 51.1 Å². The van der Waals surface area contributed by atoms with Gasteiger partial charge in [-0.3, -0.25) is 4.90 Å². The number of aryl methyl sites for hydroxylation is 1. The van der Waals surface area contributed by atoms with Crippen LogP contribution >= 0.6 is 0 Å². The largest absolute Gasteiger partial charge is 0.393 e. The summed E-state index contributed by atoms with van der Waals surface area (Å²) in [5.41, 5.74) is 1.31. The molecule has 1 aromatic carbocycles. The van der Waals surface area contributed by atoms with E-state index in [1.807, 2.05) is 12.4 Å². The molecule has 0 amide bonds. The maximum Gasteiger partial charge on any atom is 0.147 e. The van der Waals surface area contributed by atoms with Crippen molar-refractivity contribution in [1.82, 2.24) is 19.7 Å². The molecular weight excluding hydrogens is 312 g/mol. The Kier molecular flexibility index (Phi) is 6.21. The number of hydrogen-bond acceptors (Lipinski definition) is 4. The molecule has 0 bridgehead atoms. The number of hydrogen-bond donors (Lipinski definition) is 1. The Morgan fingerprint density at radius 1 is 1.16 bits per heavy atom. The molecule has 3 rings (SSSR count). The third kappa shape index (κ3) is 4.89. The monoisotopic (exact) mass is 342 g/mol. The maximum absolute atomic E-state index is 10.6. The molecule has 0 aliphatic carbocycles. The van der Waals surface area contributed by atoms with Crippen molar-refractivity contribution >= 4 is 0 Å². The van der Waals surface area contributed by atoms with E-state index in [1.54, 1.807) is 0 Å². The van der Waals surface area contributed by atoms with Gasteiger partial charge in [-0.05, 0) is 64.1 Å². The molecule has 1 saturated heterocycles. The summed E-state index contributed by atoms with van der Waals surface area (Å²) in [6, 6.07) is 10.8. The van der Waals surface area contributed by atoms with Gasteiger partial charge in [-0.2, -0.15) is 0 Å². The standard InChI is InChI=1S/C20H30N4O/c1-16(2)24-15-21-22-20(24)14-23-12-10-18(11-13-23)19(25)9-8-17-6-4-3-5-7-17/h3-7,15-16,18-19,25H,8-14H2,1-2H3. The number of piperidine rings is 1. The van der Waals surface area contributed by atoms with Crippen LogP contribution in [0.2, 0.25) is 0 Å². The Labute approximate surface area is 150 Å². The molecule has 1 atom stereocenters. The van der Waals surface area contributed by atoms with Crippen LogP contribution in [0.4, 0.5) is 0 Å². The fourth-order valence-corrected chi connectivity index (χ4v) is 3.70. The summed E-state index contributed by atoms with van der Waals surface area (Å²) in [4.78, 5) is 2.43. The summed E-state index contributed by atoms with van der Waals surface area (Å²) in [7, 11) is 0. The maximum atomic E-state index is 10.6. The summed E-state index contributed by atoms with van der Waals surface area (Å²) < 4.78 is 2.14. The zero-order valence-electron chi connectivity index (χ0n) is 15.4. The van der Waals surface area contributed by atoms with Gasteiger partial charge in [-0.1, -0.05) is 30.3 Å². The molecule has 0 saturated carbocycles. The van der Waals surface area contributed by atoms with E-state index in [2.05, 4.69) is 57.8 Å². The first kappa shape index (κ1) is 18.1. The van der Waals surface area contributed by atoms with Crippen LogP contribution in [0, 0.1) is 5.92 Å². The first-order valence-electron chi connectivity index (χ1n) is 9.46. The first-order valence-corrected chi connectivity index (χ1v) is 9.46. The van der Waals surface area contributed by atoms with E-state index in [0.29, 0.717) is 12.0 Å². The molecule has 2 heterocycles. The quantitative estimate of drug-likeness (QED) is 0.840. The van der Waals surface area contributed by atoms with Crippen molar-refractivity contribution in [3.63, 3.8) is 0 Å². The number of aliphatic hydroxyl groups excluding tert-OH is 1. The molecule has 5 heteroatoms. The molecule has 1 N–H and O–H groups in total. The summed E-state index contributed by atoms with van der Waals surface area (Å²) in [6.45, 7) is 7.21. The lowest BCUT2D eigenvalue weighted by Gasteiger charge is -2.34. The molecule has 2 aromatic rings. The van der Waals surface area contributed by atoms with Crippen molar-refractivity contribution in [3.8, 4) is 0 Å². The lowest BCUT2D eigenvalue weighted by Crippen LogP contribution is -2.38. The van der Waals surface area contributed by atoms with Crippen molar-refractivity contribution in [2.75, 3.05) is 13.1 Å². The fraction of sp³-hybridized carbons (Fsp3) is 0.600. The molecule has 5 nitrogen and oxygen atoms in total. The lowest BCUT2D eigenvalue weighted by atomic mass is 9.88. The van der Waals surface area contributed by atoms with Crippen molar-refractivity contribution in [2.24, 2.45) is 5.92 Å². The summed E-state index contributed by atoms with van der Waals surface area (Å²) in [6.07, 6.45) is 5.56. The predicted octanol–water partition coefficient (Wildman–Crippen LogP) is 3.06. The SMILES string of the molecule is CC(C)n1cnnc1CN1CCC(C(O)CCc2ccccc2)CC1. The van der Waals surface area contributed by atoms with Crippen LogP contribution < -0.4 is 0 Å². The summed E-state index contributed by atoms with van der Waals surface area (Å²) in [5, 5.41) is 18.9. The van der Waals surface area contributed by atoms with Gasteiger partial charge in [0.05, 0.1) is 12.6 Å². The van der Waals surface area contributed by atoms with E-state index in [-0.39, 0.29) is 6.10 Å². The van der Waals surface area contributed by atoms with E-state index in [1.165, 1.54) is 5.56 Å². The van der Waals surface area contributed by atoms with Crippen LogP contribution in [0.3, 0.4) is 0 Å². The van der Waals surface area contributed by atoms with E-state index < -0.39 is 0 Å². The molecule has 1 aliphatic rings. The fourth-order valence-electron chi connectivity index (χ4n) is 3.70. The highest BCUT2D eigenvalue weighted by Crippen LogP contribution is 2.24. The van der Waals surface area contributed by atoms with Gasteiger partial charge in [0.15, 0.2) is 0 Å². The van der Waals surface area contributed by atoms with E-state index in [4.69, 9.17) is 0 Å². The van der Waals surface area contributed by atoms with Crippen LogP contribution in [0.15, 0.2) is 36.7 Å². The Morgan fingerprint density at radius 2 is 1.88 bits per heavy atom. The Hall–Kier alpha value is -1.72. The summed E-state index contributed by atoms with van der Waals surface area (Å²) in [5.74, 6) is 1.46. The van der Waals surface area contributed by atoms with Gasteiger partial charge in [0, 0.05) is 6.04 Å². The van der Waals surface area contributed by atoms with Crippen LogP contribution in [-0.2, 0) is 13.0 Å². The Balaban J connectivity index is 1.44. The molecule has 136 valence electrons. The van der Waals surface area contributed by atoms with Crippen LogP contribution in [0.5, 0.6) is 0 Å². The highest BCUT2D eigenvalue weighted by atomic mass is 16.3. The average Bonchev–Trinajstić information content (AvgIpc) is 3.09. The van der Waals surface area contributed by atoms with Gasteiger partial charge in [0.2, 0.25) is 0 Å². The van der Waals surface area contributed by atoms with Gasteiger partial charge in [-0.25, -0.2) is 0 Å². The second kappa shape index (κ2) is 8.59. The van der Waals surface area contributed by atoms with Gasteiger partial charge in [0.1, 0.15) is 12.2 Å². The van der Waals surface area contributed by atoms with Crippen LogP contribution in [0.25, 0.3) is 0 Å². The molecule has 1 aromatic heterocycles. The second-order valence-corrected chi connectivity index (χ2v) is 7.45. The average molecular weight is 342 g/mol. The molecular formula is C20H30N4O. The highest BCUT2D eigenvalue weighted by molar-refractivity contribution is 5.14. The van der Waals surface area contributed by atoms with Crippen LogP contribution in [-0.4, -0.2) is 44.0 Å². The van der Waals surface area contributed by atoms with Crippen molar-refractivity contribution in [2.45, 2.75) is 58.2 Å². The van der Waals surface area contributed by atoms with Crippen LogP contribution in [0.1, 0.15) is 50.5 Å². The number of aliphatic hydroxyl groups is 1. The molecule has 0 radical (unpaired) electrons. The molecule has 1 fully saturated rings. The van der Waals surface area contributed by atoms with E-state index in [9.17, 15) is 5.11 Å². The third-order valence-electron chi connectivity index (χ3n) is 5.32. The number of aromatic nitrogens is 3. The minimum Gasteiger partial charge on any atom is -0.393 e. The topological polar surface area (TPSA) is 54.2 Å². The van der Waals surface area contributed by atoms with Gasteiger partial charge in [0.25, 0.3) is 0 Å². The van der Waals surface area contributed by atoms with E-state index >= 15 is 0 Å². The van der Waals surface area contributed by atoms with Crippen molar-refractivity contribution < 1.29 is 5.11 Å². The van der Waals surface area contributed by atoms with Gasteiger partial charge < -0.3 is 9.67 Å². The molecule has 0 spiro atoms. The Morgan fingerprint density at radius 3 is 2.56 bits per heavy atom. The van der Waals surface area contributed by atoms with Gasteiger partial charge in [-0.15, -0.1) is 10.2 Å². The predicted molar refractivity (Wildman–Crippen MR) is 99.2 cm³/mol. The second-order valence-electron chi connectivity index (χ2n) is 7.45. The zero-order valence-corrected chi connectivity index (χ0v) is 15.4. The third-order valence-corrected chi connectivity index (χ3v) is 5.32. The number of likely N-dealkylation sites (tertiary alicyclic amines) is 1. The molecule has 25 heavy (non-hydrogen) atoms. The number of nitrogens with zero attached hydrogens (tertiary/aromatic N) is 4. The zero-order chi connectivity index (χ0) is 17.6. The van der Waals surface area contributed by atoms with Crippen molar-refractivity contribution in [3.05, 3.63) is 48.0 Å². The normalized spacial score (nSPS) is 17.9. The highest BCUT2D eigenvalue weighted by Gasteiger charge is 2.26. The number of rotatable bonds is 7. The van der Waals surface area contributed by atoms with Gasteiger partial charge >= 0.3 is 0 Å². The smallest absolute Gasteiger partial charge is 0.147 e.